The number of hydrogen-bond donors (Lipinski definition) is 3. The first kappa shape index (κ1) is 21.3. The first-order valence-electron chi connectivity index (χ1n) is 7.73. The molecule has 0 saturated heterocycles. The largest absolute Gasteiger partial charge is 0.480 e. The number of carbonyl (C=O) groups excluding carboxylic acids is 2. The molecule has 5 N–H and O–H groups in total. The van der Waals surface area contributed by atoms with Gasteiger partial charge in [0.2, 0.25) is 11.8 Å². The van der Waals surface area contributed by atoms with Crippen LogP contribution in [-0.4, -0.2) is 96.5 Å². The number of primary amides is 2. The molecule has 9 heteroatoms. The highest BCUT2D eigenvalue weighted by molar-refractivity contribution is 5.76. The molecule has 0 aromatic carbocycles. The van der Waals surface area contributed by atoms with E-state index in [0.717, 1.165) is 0 Å². The van der Waals surface area contributed by atoms with Gasteiger partial charge in [0.15, 0.2) is 0 Å². The number of likely N-dealkylation sites (N-methyl/N-ethyl adjacent to an activating group) is 2. The lowest BCUT2D eigenvalue weighted by Crippen LogP contribution is -2.44. The average Bonchev–Trinajstić information content (AvgIpc) is 2.45. The zero-order valence-corrected chi connectivity index (χ0v) is 14.0. The standard InChI is InChI=1S/C14H29N5O4/c1-3-17(9-12(15)20)5-7-19(11-14(22)23)8-6-18(4-2)10-13(16)21/h3-11H2,1-2H3,(H2,15,20)(H2,16,21)(H,22,23). The van der Waals surface area contributed by atoms with Gasteiger partial charge in [-0.05, 0) is 13.1 Å². The molecule has 0 atom stereocenters. The monoisotopic (exact) mass is 331 g/mol. The lowest BCUT2D eigenvalue weighted by atomic mass is 10.3. The lowest BCUT2D eigenvalue weighted by molar-refractivity contribution is -0.138. The number of carbonyl (C=O) groups is 3. The molecule has 23 heavy (non-hydrogen) atoms. The zero-order chi connectivity index (χ0) is 17.8. The smallest absolute Gasteiger partial charge is 0.317 e. The molecule has 0 aliphatic rings. The summed E-state index contributed by atoms with van der Waals surface area (Å²) in [5.41, 5.74) is 10.4. The molecule has 0 spiro atoms. The SMILES string of the molecule is CCN(CCN(CCN(CC)CC(N)=O)CC(=O)O)CC(N)=O. The van der Waals surface area contributed by atoms with Gasteiger partial charge in [0.05, 0.1) is 19.6 Å². The molecule has 0 bridgehead atoms. The van der Waals surface area contributed by atoms with Crippen molar-refractivity contribution in [3.63, 3.8) is 0 Å². The predicted octanol–water partition coefficient (Wildman–Crippen LogP) is -2.01. The van der Waals surface area contributed by atoms with Crippen LogP contribution in [0.15, 0.2) is 0 Å². The van der Waals surface area contributed by atoms with E-state index < -0.39 is 17.8 Å². The Balaban J connectivity index is 4.47. The topological polar surface area (TPSA) is 133 Å². The summed E-state index contributed by atoms with van der Waals surface area (Å²) in [6.45, 7) is 7.46. The molecule has 0 aliphatic carbocycles. The normalized spacial score (nSPS) is 11.3. The van der Waals surface area contributed by atoms with Crippen LogP contribution < -0.4 is 11.5 Å². The van der Waals surface area contributed by atoms with E-state index in [1.807, 2.05) is 23.6 Å². The van der Waals surface area contributed by atoms with Crippen LogP contribution in [0.4, 0.5) is 0 Å². The summed E-state index contributed by atoms with van der Waals surface area (Å²) < 4.78 is 0. The summed E-state index contributed by atoms with van der Waals surface area (Å²) in [4.78, 5) is 38.4. The van der Waals surface area contributed by atoms with E-state index in [4.69, 9.17) is 16.6 Å². The van der Waals surface area contributed by atoms with E-state index in [9.17, 15) is 14.4 Å². The molecule has 0 fully saturated rings. The van der Waals surface area contributed by atoms with Gasteiger partial charge in [-0.1, -0.05) is 13.8 Å². The van der Waals surface area contributed by atoms with Gasteiger partial charge in [-0.25, -0.2) is 0 Å². The third-order valence-electron chi connectivity index (χ3n) is 3.48. The van der Waals surface area contributed by atoms with Crippen molar-refractivity contribution in [1.82, 2.24) is 14.7 Å². The number of nitrogens with two attached hydrogens (primary N) is 2. The molecule has 0 unspecified atom stereocenters. The maximum atomic E-state index is 11.0. The quantitative estimate of drug-likeness (QED) is 0.335. The molecular weight excluding hydrogens is 302 g/mol. The van der Waals surface area contributed by atoms with Crippen molar-refractivity contribution >= 4 is 17.8 Å². The second kappa shape index (κ2) is 11.8. The number of rotatable bonds is 14. The molecule has 0 aromatic heterocycles. The highest BCUT2D eigenvalue weighted by Gasteiger charge is 2.14. The Kier molecular flexibility index (Phi) is 10.9. The number of nitrogens with zero attached hydrogens (tertiary/aromatic N) is 3. The van der Waals surface area contributed by atoms with Crippen molar-refractivity contribution in [3.05, 3.63) is 0 Å². The van der Waals surface area contributed by atoms with Gasteiger partial charge in [0.1, 0.15) is 0 Å². The van der Waals surface area contributed by atoms with Crippen LogP contribution in [0, 0.1) is 0 Å². The summed E-state index contributed by atoms with van der Waals surface area (Å²) in [5.74, 6) is -1.73. The van der Waals surface area contributed by atoms with Crippen LogP contribution in [0.2, 0.25) is 0 Å². The van der Waals surface area contributed by atoms with E-state index in [1.165, 1.54) is 0 Å². The van der Waals surface area contributed by atoms with Gasteiger partial charge >= 0.3 is 5.97 Å². The minimum Gasteiger partial charge on any atom is -0.480 e. The fraction of sp³-hybridized carbons (Fsp3) is 0.786. The molecular formula is C14H29N5O4. The number of carboxylic acid groups (broad SMARTS) is 1. The molecule has 0 heterocycles. The fourth-order valence-corrected chi connectivity index (χ4v) is 2.17. The lowest BCUT2D eigenvalue weighted by Gasteiger charge is -2.27. The first-order chi connectivity index (χ1) is 10.8. The van der Waals surface area contributed by atoms with Crippen molar-refractivity contribution in [2.24, 2.45) is 11.5 Å². The van der Waals surface area contributed by atoms with Crippen LogP contribution in [-0.2, 0) is 14.4 Å². The average molecular weight is 331 g/mol. The second-order valence-electron chi connectivity index (χ2n) is 5.34. The molecule has 134 valence electrons. The number of amides is 2. The van der Waals surface area contributed by atoms with Crippen LogP contribution >= 0.6 is 0 Å². The van der Waals surface area contributed by atoms with Gasteiger partial charge in [0.25, 0.3) is 0 Å². The summed E-state index contributed by atoms with van der Waals surface area (Å²) in [6, 6.07) is 0. The predicted molar refractivity (Wildman–Crippen MR) is 86.7 cm³/mol. The van der Waals surface area contributed by atoms with Gasteiger partial charge in [-0.2, -0.15) is 0 Å². The van der Waals surface area contributed by atoms with E-state index >= 15 is 0 Å². The van der Waals surface area contributed by atoms with Crippen molar-refractivity contribution in [3.8, 4) is 0 Å². The minimum atomic E-state index is -0.916. The van der Waals surface area contributed by atoms with E-state index in [2.05, 4.69) is 0 Å². The van der Waals surface area contributed by atoms with Crippen molar-refractivity contribution in [2.75, 3.05) is 58.9 Å². The number of hydrogen-bond acceptors (Lipinski definition) is 6. The first-order valence-corrected chi connectivity index (χ1v) is 7.73. The molecule has 2 amide bonds. The maximum absolute atomic E-state index is 11.0. The van der Waals surface area contributed by atoms with Crippen LogP contribution in [0.5, 0.6) is 0 Å². The second-order valence-corrected chi connectivity index (χ2v) is 5.34. The third-order valence-corrected chi connectivity index (χ3v) is 3.48. The van der Waals surface area contributed by atoms with E-state index in [1.54, 1.807) is 4.90 Å². The van der Waals surface area contributed by atoms with Crippen LogP contribution in [0.25, 0.3) is 0 Å². The van der Waals surface area contributed by atoms with E-state index in [-0.39, 0.29) is 19.6 Å². The van der Waals surface area contributed by atoms with Gasteiger partial charge in [-0.15, -0.1) is 0 Å². The van der Waals surface area contributed by atoms with Gasteiger partial charge in [0, 0.05) is 26.2 Å². The Morgan fingerprint density at radius 2 is 1.09 bits per heavy atom. The van der Waals surface area contributed by atoms with Gasteiger partial charge in [-0.3, -0.25) is 29.1 Å². The van der Waals surface area contributed by atoms with Gasteiger partial charge < -0.3 is 16.6 Å². The third kappa shape index (κ3) is 11.5. The molecule has 0 aromatic rings. The van der Waals surface area contributed by atoms with Crippen molar-refractivity contribution < 1.29 is 19.5 Å². The number of carboxylic acids is 1. The minimum absolute atomic E-state index is 0.0950. The van der Waals surface area contributed by atoms with E-state index in [0.29, 0.717) is 39.3 Å². The highest BCUT2D eigenvalue weighted by atomic mass is 16.4. The fourth-order valence-electron chi connectivity index (χ4n) is 2.17. The van der Waals surface area contributed by atoms with Crippen LogP contribution in [0.3, 0.4) is 0 Å². The maximum Gasteiger partial charge on any atom is 0.317 e. The van der Waals surface area contributed by atoms with Crippen LogP contribution in [0.1, 0.15) is 13.8 Å². The molecule has 0 radical (unpaired) electrons. The molecule has 9 nitrogen and oxygen atoms in total. The molecule has 0 aliphatic heterocycles. The Morgan fingerprint density at radius 1 is 0.739 bits per heavy atom. The van der Waals surface area contributed by atoms with Crippen molar-refractivity contribution in [2.45, 2.75) is 13.8 Å². The molecule has 0 saturated carbocycles. The Morgan fingerprint density at radius 3 is 1.35 bits per heavy atom. The highest BCUT2D eigenvalue weighted by Crippen LogP contribution is 1.96. The number of aliphatic carboxylic acids is 1. The summed E-state index contributed by atoms with van der Waals surface area (Å²) in [7, 11) is 0. The Bertz CT molecular complexity index is 363. The Hall–Kier alpha value is -1.71. The summed E-state index contributed by atoms with van der Waals surface area (Å²) in [5, 5.41) is 9.00. The molecule has 0 rings (SSSR count). The zero-order valence-electron chi connectivity index (χ0n) is 14.0. The Labute approximate surface area is 137 Å². The summed E-state index contributed by atoms with van der Waals surface area (Å²) in [6.07, 6.45) is 0. The van der Waals surface area contributed by atoms with Crippen molar-refractivity contribution in [1.29, 1.82) is 0 Å². The summed E-state index contributed by atoms with van der Waals surface area (Å²) >= 11 is 0.